The van der Waals surface area contributed by atoms with Crippen LogP contribution in [0.4, 0.5) is 0 Å². The fraction of sp³-hybridized carbons (Fsp3) is 0.875. The number of hydrogen-bond donors (Lipinski definition) is 3. The van der Waals surface area contributed by atoms with E-state index in [0.29, 0.717) is 6.54 Å². The SMILES string of the molecule is CCCNC(=O)CCNS(=O)(=O)CCO. The molecule has 0 radical (unpaired) electrons. The molecule has 0 atom stereocenters. The van der Waals surface area contributed by atoms with Crippen molar-refractivity contribution in [2.75, 3.05) is 25.4 Å². The largest absolute Gasteiger partial charge is 0.395 e. The third-order valence-electron chi connectivity index (χ3n) is 1.61. The van der Waals surface area contributed by atoms with Gasteiger partial charge < -0.3 is 10.4 Å². The second-order valence-electron chi connectivity index (χ2n) is 3.04. The molecule has 0 bridgehead atoms. The van der Waals surface area contributed by atoms with Gasteiger partial charge >= 0.3 is 0 Å². The number of carbonyl (C=O) groups is 1. The van der Waals surface area contributed by atoms with Gasteiger partial charge in [-0.05, 0) is 6.42 Å². The van der Waals surface area contributed by atoms with Crippen molar-refractivity contribution in [1.29, 1.82) is 0 Å². The molecule has 0 unspecified atom stereocenters. The minimum Gasteiger partial charge on any atom is -0.395 e. The third-order valence-corrected chi connectivity index (χ3v) is 2.97. The maximum absolute atomic E-state index is 11.1. The lowest BCUT2D eigenvalue weighted by molar-refractivity contribution is -0.120. The quantitative estimate of drug-likeness (QED) is 0.496. The minimum atomic E-state index is -3.43. The molecule has 0 aromatic carbocycles. The van der Waals surface area contributed by atoms with Gasteiger partial charge in [-0.15, -0.1) is 0 Å². The molecule has 0 aliphatic carbocycles. The van der Waals surface area contributed by atoms with Crippen LogP contribution < -0.4 is 10.0 Å². The number of carbonyl (C=O) groups excluding carboxylic acids is 1. The highest BCUT2D eigenvalue weighted by atomic mass is 32.2. The van der Waals surface area contributed by atoms with Crippen LogP contribution in [0.1, 0.15) is 19.8 Å². The summed E-state index contributed by atoms with van der Waals surface area (Å²) in [7, 11) is -3.43. The zero-order chi connectivity index (χ0) is 11.7. The van der Waals surface area contributed by atoms with Crippen LogP contribution in [0.25, 0.3) is 0 Å². The average molecular weight is 238 g/mol. The smallest absolute Gasteiger partial charge is 0.221 e. The average Bonchev–Trinajstić information content (AvgIpc) is 2.14. The van der Waals surface area contributed by atoms with Crippen molar-refractivity contribution < 1.29 is 18.3 Å². The number of sulfonamides is 1. The number of rotatable bonds is 8. The fourth-order valence-electron chi connectivity index (χ4n) is 0.865. The van der Waals surface area contributed by atoms with E-state index in [9.17, 15) is 13.2 Å². The van der Waals surface area contributed by atoms with Crippen LogP contribution in [0.5, 0.6) is 0 Å². The summed E-state index contributed by atoms with van der Waals surface area (Å²) >= 11 is 0. The second kappa shape index (κ2) is 7.61. The minimum absolute atomic E-state index is 0.0673. The van der Waals surface area contributed by atoms with E-state index in [1.165, 1.54) is 0 Å². The lowest BCUT2D eigenvalue weighted by Crippen LogP contribution is -2.32. The molecule has 0 heterocycles. The van der Waals surface area contributed by atoms with Crippen LogP contribution >= 0.6 is 0 Å². The van der Waals surface area contributed by atoms with Crippen molar-refractivity contribution in [2.45, 2.75) is 19.8 Å². The van der Waals surface area contributed by atoms with Crippen molar-refractivity contribution >= 4 is 15.9 Å². The third kappa shape index (κ3) is 8.34. The lowest BCUT2D eigenvalue weighted by Gasteiger charge is -2.05. The Morgan fingerprint density at radius 2 is 2.00 bits per heavy atom. The van der Waals surface area contributed by atoms with Gasteiger partial charge in [0.15, 0.2) is 0 Å². The highest BCUT2D eigenvalue weighted by Crippen LogP contribution is 1.85. The summed E-state index contributed by atoms with van der Waals surface area (Å²) in [4.78, 5) is 11.1. The summed E-state index contributed by atoms with van der Waals surface area (Å²) in [6.07, 6.45) is 0.965. The van der Waals surface area contributed by atoms with Crippen molar-refractivity contribution in [2.24, 2.45) is 0 Å². The molecule has 0 aliphatic heterocycles. The van der Waals surface area contributed by atoms with Gasteiger partial charge in [0.1, 0.15) is 0 Å². The number of aliphatic hydroxyl groups excluding tert-OH is 1. The first-order valence-corrected chi connectivity index (χ1v) is 6.52. The summed E-state index contributed by atoms with van der Waals surface area (Å²) in [5, 5.41) is 11.1. The van der Waals surface area contributed by atoms with Crippen LogP contribution in [0.3, 0.4) is 0 Å². The Kier molecular flexibility index (Phi) is 7.27. The number of aliphatic hydroxyl groups is 1. The monoisotopic (exact) mass is 238 g/mol. The van der Waals surface area contributed by atoms with Gasteiger partial charge in [-0.2, -0.15) is 0 Å². The first-order chi connectivity index (χ1) is 7.02. The van der Waals surface area contributed by atoms with E-state index in [2.05, 4.69) is 10.0 Å². The maximum atomic E-state index is 11.1. The van der Waals surface area contributed by atoms with Gasteiger partial charge in [-0.25, -0.2) is 13.1 Å². The van der Waals surface area contributed by atoms with E-state index in [1.54, 1.807) is 0 Å². The van der Waals surface area contributed by atoms with Crippen LogP contribution in [0.2, 0.25) is 0 Å². The molecule has 0 rings (SSSR count). The molecule has 0 fully saturated rings. The molecule has 0 aromatic rings. The maximum Gasteiger partial charge on any atom is 0.221 e. The van der Waals surface area contributed by atoms with Crippen LogP contribution in [-0.2, 0) is 14.8 Å². The molecule has 1 amide bonds. The van der Waals surface area contributed by atoms with E-state index < -0.39 is 16.6 Å². The summed E-state index contributed by atoms with van der Waals surface area (Å²) < 4.78 is 24.3. The Morgan fingerprint density at radius 1 is 1.33 bits per heavy atom. The van der Waals surface area contributed by atoms with E-state index in [-0.39, 0.29) is 24.6 Å². The molecule has 0 spiro atoms. The van der Waals surface area contributed by atoms with E-state index in [1.807, 2.05) is 6.92 Å². The molecular weight excluding hydrogens is 220 g/mol. The summed E-state index contributed by atoms with van der Waals surface area (Å²) in [6.45, 7) is 2.18. The molecular formula is C8H18N2O4S. The Morgan fingerprint density at radius 3 is 2.53 bits per heavy atom. The molecule has 90 valence electrons. The van der Waals surface area contributed by atoms with Crippen LogP contribution in [0, 0.1) is 0 Å². The van der Waals surface area contributed by atoms with Gasteiger partial charge in [0.05, 0.1) is 12.4 Å². The normalized spacial score (nSPS) is 11.3. The molecule has 0 saturated carbocycles. The predicted molar refractivity (Wildman–Crippen MR) is 56.8 cm³/mol. The van der Waals surface area contributed by atoms with Crippen LogP contribution in [-0.4, -0.2) is 44.9 Å². The predicted octanol–water partition coefficient (Wildman–Crippen LogP) is -1.19. The zero-order valence-electron chi connectivity index (χ0n) is 8.82. The number of amides is 1. The molecule has 3 N–H and O–H groups in total. The standard InChI is InChI=1S/C8H18N2O4S/c1-2-4-9-8(12)3-5-10-15(13,14)7-6-11/h10-11H,2-7H2,1H3,(H,9,12). The molecule has 0 aromatic heterocycles. The lowest BCUT2D eigenvalue weighted by atomic mass is 10.4. The van der Waals surface area contributed by atoms with Crippen molar-refractivity contribution in [3.8, 4) is 0 Å². The Bertz CT molecular complexity index is 276. The Hall–Kier alpha value is -0.660. The van der Waals surface area contributed by atoms with Crippen molar-refractivity contribution in [1.82, 2.24) is 10.0 Å². The molecule has 7 heteroatoms. The number of hydrogen-bond acceptors (Lipinski definition) is 4. The first kappa shape index (κ1) is 14.3. The zero-order valence-corrected chi connectivity index (χ0v) is 9.64. The Balaban J connectivity index is 3.65. The van der Waals surface area contributed by atoms with Gasteiger partial charge in [0.25, 0.3) is 0 Å². The van der Waals surface area contributed by atoms with Gasteiger partial charge in [-0.3, -0.25) is 4.79 Å². The second-order valence-corrected chi connectivity index (χ2v) is 4.96. The van der Waals surface area contributed by atoms with E-state index in [4.69, 9.17) is 5.11 Å². The highest BCUT2D eigenvalue weighted by molar-refractivity contribution is 7.89. The fourth-order valence-corrected chi connectivity index (χ4v) is 1.66. The molecule has 15 heavy (non-hydrogen) atoms. The summed E-state index contributed by atoms with van der Waals surface area (Å²) in [6, 6.07) is 0. The topological polar surface area (TPSA) is 95.5 Å². The van der Waals surface area contributed by atoms with Gasteiger partial charge in [-0.1, -0.05) is 6.92 Å². The van der Waals surface area contributed by atoms with Gasteiger partial charge in [0.2, 0.25) is 15.9 Å². The summed E-state index contributed by atoms with van der Waals surface area (Å²) in [5.74, 6) is -0.507. The highest BCUT2D eigenvalue weighted by Gasteiger charge is 2.09. The molecule has 0 aliphatic rings. The van der Waals surface area contributed by atoms with E-state index in [0.717, 1.165) is 6.42 Å². The van der Waals surface area contributed by atoms with Crippen molar-refractivity contribution in [3.63, 3.8) is 0 Å². The molecule has 0 saturated heterocycles. The summed E-state index contributed by atoms with van der Waals surface area (Å²) in [5.41, 5.74) is 0. The van der Waals surface area contributed by atoms with E-state index >= 15 is 0 Å². The molecule has 6 nitrogen and oxygen atoms in total. The Labute approximate surface area is 90.1 Å². The first-order valence-electron chi connectivity index (χ1n) is 4.86. The van der Waals surface area contributed by atoms with Crippen LogP contribution in [0.15, 0.2) is 0 Å². The van der Waals surface area contributed by atoms with Gasteiger partial charge in [0, 0.05) is 19.5 Å². The number of nitrogens with one attached hydrogen (secondary N) is 2. The van der Waals surface area contributed by atoms with Crippen molar-refractivity contribution in [3.05, 3.63) is 0 Å².